The number of fused-ring (bicyclic) bond motifs is 1. The van der Waals surface area contributed by atoms with E-state index in [9.17, 15) is 9.90 Å². The molecule has 1 aliphatic carbocycles. The molecular formula is C27H34N2O2. The summed E-state index contributed by atoms with van der Waals surface area (Å²) in [4.78, 5) is 18.5. The normalized spacial score (nSPS) is 17.6. The van der Waals surface area contributed by atoms with Gasteiger partial charge in [0.05, 0.1) is 11.3 Å². The van der Waals surface area contributed by atoms with Crippen LogP contribution < -0.4 is 5.56 Å². The third-order valence-corrected chi connectivity index (χ3v) is 5.55. The molecule has 0 amide bonds. The van der Waals surface area contributed by atoms with Crippen molar-refractivity contribution in [1.82, 2.24) is 9.55 Å². The average molecular weight is 419 g/mol. The molecule has 0 bridgehead atoms. The SMILES string of the molecule is C=C/C(=C\C=C1/CCc2nc(CCC)c(CC3=CCC=CC=C3)c(=O)n21)CC(C)(C)O. The monoisotopic (exact) mass is 418 g/mol. The summed E-state index contributed by atoms with van der Waals surface area (Å²) in [6.45, 7) is 9.55. The quantitative estimate of drug-likeness (QED) is 0.587. The number of hydrogen-bond acceptors (Lipinski definition) is 3. The van der Waals surface area contributed by atoms with Crippen molar-refractivity contribution in [2.75, 3.05) is 0 Å². The van der Waals surface area contributed by atoms with Gasteiger partial charge in [-0.25, -0.2) is 4.98 Å². The minimum Gasteiger partial charge on any atom is -0.390 e. The van der Waals surface area contributed by atoms with Gasteiger partial charge in [-0.1, -0.05) is 62.5 Å². The predicted octanol–water partition coefficient (Wildman–Crippen LogP) is 5.24. The Morgan fingerprint density at radius 3 is 2.84 bits per heavy atom. The van der Waals surface area contributed by atoms with Crippen LogP contribution in [0, 0.1) is 0 Å². The molecule has 0 radical (unpaired) electrons. The van der Waals surface area contributed by atoms with E-state index in [4.69, 9.17) is 4.98 Å². The zero-order chi connectivity index (χ0) is 22.4. The lowest BCUT2D eigenvalue weighted by atomic mass is 9.98. The van der Waals surface area contributed by atoms with Gasteiger partial charge >= 0.3 is 0 Å². The van der Waals surface area contributed by atoms with Crippen molar-refractivity contribution in [3.8, 4) is 0 Å². The smallest absolute Gasteiger partial charge is 0.261 e. The van der Waals surface area contributed by atoms with Crippen LogP contribution in [0.3, 0.4) is 0 Å². The van der Waals surface area contributed by atoms with E-state index in [1.807, 2.05) is 24.3 Å². The highest BCUT2D eigenvalue weighted by Gasteiger charge is 2.23. The van der Waals surface area contributed by atoms with Crippen LogP contribution in [0.15, 0.2) is 71.1 Å². The van der Waals surface area contributed by atoms with Crippen molar-refractivity contribution >= 4 is 5.70 Å². The molecule has 2 heterocycles. The number of nitrogens with zero attached hydrogens (tertiary/aromatic N) is 2. The topological polar surface area (TPSA) is 55.1 Å². The van der Waals surface area contributed by atoms with E-state index in [-0.39, 0.29) is 5.56 Å². The van der Waals surface area contributed by atoms with Gasteiger partial charge in [0.1, 0.15) is 5.82 Å². The van der Waals surface area contributed by atoms with Crippen molar-refractivity contribution in [3.63, 3.8) is 0 Å². The van der Waals surface area contributed by atoms with E-state index in [0.29, 0.717) is 12.8 Å². The lowest BCUT2D eigenvalue weighted by molar-refractivity contribution is 0.0818. The van der Waals surface area contributed by atoms with E-state index >= 15 is 0 Å². The molecule has 1 aromatic rings. The summed E-state index contributed by atoms with van der Waals surface area (Å²) in [6.07, 6.45) is 21.5. The van der Waals surface area contributed by atoms with Crippen molar-refractivity contribution < 1.29 is 5.11 Å². The van der Waals surface area contributed by atoms with Gasteiger partial charge in [0.2, 0.25) is 0 Å². The number of aliphatic hydroxyl groups is 1. The molecule has 1 aliphatic heterocycles. The molecule has 0 saturated carbocycles. The van der Waals surface area contributed by atoms with E-state index in [1.165, 1.54) is 0 Å². The average Bonchev–Trinajstić information content (AvgIpc) is 2.94. The van der Waals surface area contributed by atoms with Gasteiger partial charge in [-0.3, -0.25) is 9.36 Å². The van der Waals surface area contributed by atoms with E-state index < -0.39 is 5.60 Å². The molecule has 4 heteroatoms. The highest BCUT2D eigenvalue weighted by Crippen LogP contribution is 2.25. The second kappa shape index (κ2) is 10.1. The van der Waals surface area contributed by atoms with Crippen LogP contribution in [-0.4, -0.2) is 20.3 Å². The molecule has 3 rings (SSSR count). The Hall–Kier alpha value is -2.72. The van der Waals surface area contributed by atoms with Crippen LogP contribution >= 0.6 is 0 Å². The van der Waals surface area contributed by atoms with Crippen LogP contribution in [0.5, 0.6) is 0 Å². The van der Waals surface area contributed by atoms with Crippen molar-refractivity contribution in [2.24, 2.45) is 0 Å². The first-order chi connectivity index (χ1) is 14.8. The second-order valence-electron chi connectivity index (χ2n) is 8.92. The maximum atomic E-state index is 13.6. The van der Waals surface area contributed by atoms with Crippen LogP contribution in [0.2, 0.25) is 0 Å². The number of rotatable bonds is 8. The number of aromatic nitrogens is 2. The lowest BCUT2D eigenvalue weighted by Gasteiger charge is -2.17. The largest absolute Gasteiger partial charge is 0.390 e. The Balaban J connectivity index is 2.01. The lowest BCUT2D eigenvalue weighted by Crippen LogP contribution is -2.27. The number of allylic oxidation sites excluding steroid dienone is 10. The molecule has 0 unspecified atom stereocenters. The molecule has 1 aromatic heterocycles. The minimum absolute atomic E-state index is 0.0553. The van der Waals surface area contributed by atoms with Gasteiger partial charge in [0.25, 0.3) is 5.56 Å². The Labute approximate surface area is 185 Å². The summed E-state index contributed by atoms with van der Waals surface area (Å²) in [7, 11) is 0. The van der Waals surface area contributed by atoms with E-state index in [1.54, 1.807) is 24.5 Å². The molecule has 0 aromatic carbocycles. The zero-order valence-electron chi connectivity index (χ0n) is 19.0. The molecule has 0 spiro atoms. The van der Waals surface area contributed by atoms with Gasteiger partial charge in [-0.2, -0.15) is 0 Å². The summed E-state index contributed by atoms with van der Waals surface area (Å²) in [5.74, 6) is 0.853. The molecule has 164 valence electrons. The van der Waals surface area contributed by atoms with E-state index in [2.05, 4.69) is 31.7 Å². The Morgan fingerprint density at radius 2 is 2.13 bits per heavy atom. The van der Waals surface area contributed by atoms with Crippen LogP contribution in [-0.2, 0) is 19.3 Å². The summed E-state index contributed by atoms with van der Waals surface area (Å²) in [5, 5.41) is 10.1. The fourth-order valence-electron chi connectivity index (χ4n) is 4.10. The van der Waals surface area contributed by atoms with Crippen molar-refractivity contribution in [2.45, 2.75) is 71.3 Å². The first kappa shape index (κ1) is 23.0. The third-order valence-electron chi connectivity index (χ3n) is 5.55. The van der Waals surface area contributed by atoms with Gasteiger partial charge in [-0.15, -0.1) is 0 Å². The highest BCUT2D eigenvalue weighted by atomic mass is 16.3. The number of aryl methyl sites for hydroxylation is 2. The number of hydrogen-bond donors (Lipinski definition) is 1. The molecule has 1 N–H and O–H groups in total. The third kappa shape index (κ3) is 5.92. The molecule has 0 atom stereocenters. The maximum absolute atomic E-state index is 13.6. The fourth-order valence-corrected chi connectivity index (χ4v) is 4.10. The summed E-state index contributed by atoms with van der Waals surface area (Å²) >= 11 is 0. The molecule has 31 heavy (non-hydrogen) atoms. The maximum Gasteiger partial charge on any atom is 0.261 e. The highest BCUT2D eigenvalue weighted by molar-refractivity contribution is 5.54. The van der Waals surface area contributed by atoms with Gasteiger partial charge < -0.3 is 5.11 Å². The molecular weight excluding hydrogens is 384 g/mol. The minimum atomic E-state index is -0.804. The van der Waals surface area contributed by atoms with Crippen LogP contribution in [0.1, 0.15) is 63.5 Å². The molecule has 4 nitrogen and oxygen atoms in total. The second-order valence-corrected chi connectivity index (χ2v) is 8.92. The molecule has 0 saturated heterocycles. The Morgan fingerprint density at radius 1 is 1.32 bits per heavy atom. The predicted molar refractivity (Wildman–Crippen MR) is 129 cm³/mol. The molecule has 2 aliphatic rings. The first-order valence-electron chi connectivity index (χ1n) is 11.2. The summed E-state index contributed by atoms with van der Waals surface area (Å²) in [6, 6.07) is 0. The van der Waals surface area contributed by atoms with Crippen molar-refractivity contribution in [3.05, 3.63) is 93.8 Å². The van der Waals surface area contributed by atoms with Gasteiger partial charge in [0.15, 0.2) is 0 Å². The summed E-state index contributed by atoms with van der Waals surface area (Å²) in [5.41, 5.74) is 4.06. The van der Waals surface area contributed by atoms with E-state index in [0.717, 1.165) is 66.0 Å². The molecule has 0 fully saturated rings. The standard InChI is InChI=1S/C27H34N2O2/c1-5-11-24-23(18-21-12-9-7-8-10-13-21)26(30)29-22(16-17-25(29)28-24)15-14-20(6-2)19-27(3,4)31/h6-9,12-15,31H,2,5,10-11,16-19H2,1,3-4H3/b20-14+,22-15+. The fraction of sp³-hybridized carbons (Fsp3) is 0.407. The van der Waals surface area contributed by atoms with Crippen LogP contribution in [0.4, 0.5) is 0 Å². The van der Waals surface area contributed by atoms with Gasteiger partial charge in [0, 0.05) is 30.5 Å². The summed E-state index contributed by atoms with van der Waals surface area (Å²) < 4.78 is 1.80. The van der Waals surface area contributed by atoms with Gasteiger partial charge in [-0.05, 0) is 50.3 Å². The Bertz CT molecular complexity index is 1040. The zero-order valence-corrected chi connectivity index (χ0v) is 19.0. The Kier molecular flexibility index (Phi) is 7.45. The first-order valence-corrected chi connectivity index (χ1v) is 11.2. The van der Waals surface area contributed by atoms with Crippen molar-refractivity contribution in [1.29, 1.82) is 0 Å². The van der Waals surface area contributed by atoms with Crippen LogP contribution in [0.25, 0.3) is 5.70 Å².